The van der Waals surface area contributed by atoms with Crippen molar-refractivity contribution in [1.82, 2.24) is 0 Å². The highest BCUT2D eigenvalue weighted by atomic mass is 31.1. The third-order valence-corrected chi connectivity index (χ3v) is 5.34. The molecule has 0 nitrogen and oxygen atoms in total. The fraction of sp³-hybridized carbons (Fsp3) is 0. The number of hydrogen-bond acceptors (Lipinski definition) is 0. The van der Waals surface area contributed by atoms with E-state index in [0.717, 1.165) is 0 Å². The van der Waals surface area contributed by atoms with Crippen LogP contribution in [0.5, 0.6) is 0 Å². The summed E-state index contributed by atoms with van der Waals surface area (Å²) in [6, 6.07) is 31.6. The Morgan fingerprint density at radius 3 is 1.30 bits per heavy atom. The van der Waals surface area contributed by atoms with Gasteiger partial charge >= 0.3 is 0 Å². The Labute approximate surface area is 139 Å². The lowest BCUT2D eigenvalue weighted by Crippen LogP contribution is -1.95. The molecule has 0 radical (unpaired) electrons. The predicted octanol–water partition coefficient (Wildman–Crippen LogP) is 6.14. The zero-order valence-electron chi connectivity index (χ0n) is 12.9. The quantitative estimate of drug-likeness (QED) is 0.496. The highest BCUT2D eigenvalue weighted by molar-refractivity contribution is 7.71. The molecule has 0 heterocycles. The summed E-state index contributed by atoms with van der Waals surface area (Å²) >= 11 is 0. The zero-order valence-corrected chi connectivity index (χ0v) is 13.8. The van der Waals surface area contributed by atoms with E-state index in [9.17, 15) is 0 Å². The number of hydrogen-bond donors (Lipinski definition) is 0. The van der Waals surface area contributed by atoms with Crippen molar-refractivity contribution in [2.75, 3.05) is 0 Å². The predicted molar refractivity (Wildman–Crippen MR) is 104 cm³/mol. The second kappa shape index (κ2) is 8.27. The van der Waals surface area contributed by atoms with Gasteiger partial charge in [0.2, 0.25) is 0 Å². The van der Waals surface area contributed by atoms with Crippen molar-refractivity contribution in [3.63, 3.8) is 0 Å². The number of rotatable bonds is 5. The maximum absolute atomic E-state index is 2.32. The molecule has 0 aliphatic heterocycles. The fourth-order valence-electron chi connectivity index (χ4n) is 2.28. The summed E-state index contributed by atoms with van der Waals surface area (Å²) < 4.78 is 0. The average Bonchev–Trinajstić information content (AvgIpc) is 2.64. The third-order valence-electron chi connectivity index (χ3n) is 3.51. The summed E-state index contributed by atoms with van der Waals surface area (Å²) in [4.78, 5) is 0. The summed E-state index contributed by atoms with van der Waals surface area (Å²) in [5, 5.41) is 1.36. The lowest BCUT2D eigenvalue weighted by molar-refractivity contribution is 1.66. The fourth-order valence-corrected chi connectivity index (χ4v) is 3.91. The molecule has 0 saturated heterocycles. The van der Waals surface area contributed by atoms with Crippen LogP contribution < -0.4 is 5.30 Å². The van der Waals surface area contributed by atoms with Crippen LogP contribution in [-0.4, -0.2) is 0 Å². The number of benzene rings is 3. The van der Waals surface area contributed by atoms with Crippen LogP contribution >= 0.6 is 7.92 Å². The van der Waals surface area contributed by atoms with Gasteiger partial charge in [0, 0.05) is 0 Å². The van der Waals surface area contributed by atoms with E-state index in [4.69, 9.17) is 0 Å². The van der Waals surface area contributed by atoms with Crippen molar-refractivity contribution in [2.45, 2.75) is 0 Å². The second-order valence-electron chi connectivity index (χ2n) is 5.20. The van der Waals surface area contributed by atoms with E-state index in [0.29, 0.717) is 0 Å². The van der Waals surface area contributed by atoms with Gasteiger partial charge in [-0.3, -0.25) is 0 Å². The van der Waals surface area contributed by atoms with E-state index in [-0.39, 0.29) is 0 Å². The summed E-state index contributed by atoms with van der Waals surface area (Å²) in [5.74, 6) is 4.64. The van der Waals surface area contributed by atoms with Crippen LogP contribution in [0.1, 0.15) is 11.1 Å². The second-order valence-corrected chi connectivity index (χ2v) is 7.12. The minimum atomic E-state index is -0.464. The van der Waals surface area contributed by atoms with Gasteiger partial charge in [-0.05, 0) is 24.4 Å². The van der Waals surface area contributed by atoms with E-state index in [1.54, 1.807) is 0 Å². The van der Waals surface area contributed by atoms with E-state index in [2.05, 4.69) is 103 Å². The van der Waals surface area contributed by atoms with Crippen LogP contribution in [0.2, 0.25) is 0 Å². The Kier molecular flexibility index (Phi) is 5.56. The van der Waals surface area contributed by atoms with Crippen molar-refractivity contribution in [2.24, 2.45) is 0 Å². The molecule has 0 fully saturated rings. The normalized spacial score (nSPS) is 11.5. The van der Waals surface area contributed by atoms with Crippen molar-refractivity contribution < 1.29 is 0 Å². The van der Waals surface area contributed by atoms with Crippen LogP contribution in [0.4, 0.5) is 0 Å². The van der Waals surface area contributed by atoms with Gasteiger partial charge in [-0.15, -0.1) is 0 Å². The molecule has 1 heteroatoms. The molecule has 0 spiro atoms. The van der Waals surface area contributed by atoms with Crippen LogP contribution in [0.25, 0.3) is 12.2 Å². The molecule has 3 aromatic rings. The molecule has 0 atom stereocenters. The Bertz CT molecular complexity index is 709. The van der Waals surface area contributed by atoms with E-state index >= 15 is 0 Å². The van der Waals surface area contributed by atoms with Gasteiger partial charge in [-0.1, -0.05) is 115 Å². The zero-order chi connectivity index (χ0) is 15.7. The van der Waals surface area contributed by atoms with Gasteiger partial charge in [0.1, 0.15) is 0 Å². The molecule has 0 bridgehead atoms. The monoisotopic (exact) mass is 314 g/mol. The highest BCUT2D eigenvalue weighted by Gasteiger charge is 2.02. The van der Waals surface area contributed by atoms with Gasteiger partial charge in [-0.2, -0.15) is 0 Å². The molecular formula is C22H19P. The molecule has 23 heavy (non-hydrogen) atoms. The smallest absolute Gasteiger partial charge is 0.0162 e. The van der Waals surface area contributed by atoms with Gasteiger partial charge in [0.25, 0.3) is 0 Å². The van der Waals surface area contributed by atoms with E-state index in [1.165, 1.54) is 16.4 Å². The van der Waals surface area contributed by atoms with Crippen molar-refractivity contribution in [1.29, 1.82) is 0 Å². The van der Waals surface area contributed by atoms with Gasteiger partial charge in [0.15, 0.2) is 0 Å². The largest absolute Gasteiger partial charge is 0.0622 e. The topological polar surface area (TPSA) is 0 Å². The first-order valence-electron chi connectivity index (χ1n) is 7.72. The summed E-state index contributed by atoms with van der Waals surface area (Å²) in [6.45, 7) is 0. The van der Waals surface area contributed by atoms with Crippen molar-refractivity contribution >= 4 is 25.4 Å². The minimum Gasteiger partial charge on any atom is -0.0622 e. The third kappa shape index (κ3) is 4.77. The maximum atomic E-state index is 2.32. The van der Waals surface area contributed by atoms with Crippen LogP contribution in [0.3, 0.4) is 0 Å². The SMILES string of the molecule is C(=C\P(/C=C/c1ccccc1)c1ccccc1)/c1ccccc1. The molecule has 0 aliphatic rings. The van der Waals surface area contributed by atoms with E-state index < -0.39 is 7.92 Å². The van der Waals surface area contributed by atoms with Crippen LogP contribution in [-0.2, 0) is 0 Å². The molecule has 3 aromatic carbocycles. The van der Waals surface area contributed by atoms with Crippen molar-refractivity contribution in [3.8, 4) is 0 Å². The van der Waals surface area contributed by atoms with E-state index in [1.807, 2.05) is 12.1 Å². The molecule has 0 aliphatic carbocycles. The van der Waals surface area contributed by atoms with Crippen LogP contribution in [0, 0.1) is 0 Å². The van der Waals surface area contributed by atoms with Gasteiger partial charge in [-0.25, -0.2) is 0 Å². The summed E-state index contributed by atoms with van der Waals surface area (Å²) in [5.41, 5.74) is 2.48. The molecule has 0 N–H and O–H groups in total. The molecule has 3 rings (SSSR count). The van der Waals surface area contributed by atoms with Gasteiger partial charge < -0.3 is 0 Å². The maximum Gasteiger partial charge on any atom is -0.0162 e. The summed E-state index contributed by atoms with van der Waals surface area (Å²) in [7, 11) is -0.464. The highest BCUT2D eigenvalue weighted by Crippen LogP contribution is 2.39. The lowest BCUT2D eigenvalue weighted by atomic mass is 10.2. The molecule has 112 valence electrons. The van der Waals surface area contributed by atoms with Gasteiger partial charge in [0.05, 0.1) is 0 Å². The Balaban J connectivity index is 1.85. The Morgan fingerprint density at radius 2 is 0.870 bits per heavy atom. The minimum absolute atomic E-state index is 0.464. The first-order chi connectivity index (χ1) is 11.4. The standard InChI is InChI=1S/C22H19P/c1-4-10-20(11-5-1)16-18-23(22-14-8-3-9-15-22)19-17-21-12-6-2-7-13-21/h1-19H/b18-16+,19-17+. The molecule has 0 aromatic heterocycles. The summed E-state index contributed by atoms with van der Waals surface area (Å²) in [6.07, 6.45) is 4.43. The Hall–Kier alpha value is -2.43. The lowest BCUT2D eigenvalue weighted by Gasteiger charge is -2.09. The molecule has 0 saturated carbocycles. The first-order valence-corrected chi connectivity index (χ1v) is 9.20. The Morgan fingerprint density at radius 1 is 0.478 bits per heavy atom. The first kappa shape index (κ1) is 15.5. The van der Waals surface area contributed by atoms with Crippen LogP contribution in [0.15, 0.2) is 103 Å². The molecule has 0 unspecified atom stereocenters. The van der Waals surface area contributed by atoms with Crippen molar-refractivity contribution in [3.05, 3.63) is 114 Å². The molecule has 0 amide bonds. The average molecular weight is 314 g/mol. The molecular weight excluding hydrogens is 295 g/mol.